The highest BCUT2D eigenvalue weighted by Crippen LogP contribution is 2.24. The molecule has 0 aliphatic heterocycles. The molecule has 0 aliphatic carbocycles. The van der Waals surface area contributed by atoms with E-state index >= 15 is 0 Å². The van der Waals surface area contributed by atoms with Crippen molar-refractivity contribution in [2.45, 2.75) is 6.42 Å². The van der Waals surface area contributed by atoms with Gasteiger partial charge in [-0.25, -0.2) is 4.52 Å². The Morgan fingerprint density at radius 2 is 1.92 bits per heavy atom. The highest BCUT2D eigenvalue weighted by molar-refractivity contribution is 14.1. The van der Waals surface area contributed by atoms with Gasteiger partial charge in [-0.2, -0.15) is 5.10 Å². The summed E-state index contributed by atoms with van der Waals surface area (Å²) in [5.41, 5.74) is 3.63. The maximum atomic E-state index is 12.4. The highest BCUT2D eigenvalue weighted by atomic mass is 127. The van der Waals surface area contributed by atoms with E-state index in [1.165, 1.54) is 4.88 Å². The molecule has 4 nitrogen and oxygen atoms in total. The van der Waals surface area contributed by atoms with Gasteiger partial charge in [0.1, 0.15) is 3.70 Å². The summed E-state index contributed by atoms with van der Waals surface area (Å²) in [7, 11) is 0. The zero-order valence-electron chi connectivity index (χ0n) is 13.9. The van der Waals surface area contributed by atoms with E-state index < -0.39 is 0 Å². The Labute approximate surface area is 169 Å². The topological polar surface area (TPSA) is 46.4 Å². The van der Waals surface area contributed by atoms with Crippen molar-refractivity contribution in [1.29, 1.82) is 0 Å². The molecule has 0 atom stereocenters. The van der Waals surface area contributed by atoms with Crippen molar-refractivity contribution in [2.24, 2.45) is 0 Å². The lowest BCUT2D eigenvalue weighted by Gasteiger charge is -2.04. The van der Waals surface area contributed by atoms with Gasteiger partial charge in [0.15, 0.2) is 5.69 Å². The molecule has 0 saturated heterocycles. The van der Waals surface area contributed by atoms with Gasteiger partial charge < -0.3 is 5.32 Å². The highest BCUT2D eigenvalue weighted by Gasteiger charge is 2.13. The summed E-state index contributed by atoms with van der Waals surface area (Å²) in [4.78, 5) is 13.7. The van der Waals surface area contributed by atoms with Crippen LogP contribution in [0.15, 0.2) is 66.0 Å². The predicted octanol–water partition coefficient (Wildman–Crippen LogP) is 4.64. The molecule has 0 aliphatic rings. The van der Waals surface area contributed by atoms with Gasteiger partial charge in [-0.1, -0.05) is 36.4 Å². The van der Waals surface area contributed by atoms with Crippen LogP contribution in [-0.2, 0) is 6.42 Å². The average molecular weight is 473 g/mol. The molecule has 0 radical (unpaired) electrons. The third kappa shape index (κ3) is 3.66. The van der Waals surface area contributed by atoms with E-state index in [1.807, 2.05) is 35.7 Å². The van der Waals surface area contributed by atoms with Crippen LogP contribution in [0.2, 0.25) is 0 Å². The van der Waals surface area contributed by atoms with E-state index in [0.717, 1.165) is 26.8 Å². The number of benzene rings is 1. The molecule has 1 amide bonds. The first-order valence-electron chi connectivity index (χ1n) is 8.26. The number of rotatable bonds is 5. The van der Waals surface area contributed by atoms with E-state index in [4.69, 9.17) is 0 Å². The molecule has 0 unspecified atom stereocenters. The molecule has 0 fully saturated rings. The Morgan fingerprint density at radius 1 is 1.08 bits per heavy atom. The van der Waals surface area contributed by atoms with Crippen LogP contribution in [0.3, 0.4) is 0 Å². The standard InChI is InChI=1S/C20H16IN3OS/c21-19-12-15(14-5-2-1-3-6-14)11-16-13-18(23-24(16)19)20(25)22-9-8-17-7-4-10-26-17/h1-7,10-13H,8-9H2,(H,22,25). The Hall–Kier alpha value is -2.19. The van der Waals surface area contributed by atoms with Gasteiger partial charge in [0, 0.05) is 11.4 Å². The third-order valence-electron chi connectivity index (χ3n) is 4.09. The van der Waals surface area contributed by atoms with Gasteiger partial charge in [0.25, 0.3) is 5.91 Å². The summed E-state index contributed by atoms with van der Waals surface area (Å²) >= 11 is 3.96. The number of aromatic nitrogens is 2. The molecule has 1 aromatic carbocycles. The van der Waals surface area contributed by atoms with Crippen molar-refractivity contribution in [3.05, 3.63) is 80.3 Å². The number of nitrogens with zero attached hydrogens (tertiary/aromatic N) is 2. The molecule has 26 heavy (non-hydrogen) atoms. The zero-order valence-corrected chi connectivity index (χ0v) is 16.8. The van der Waals surface area contributed by atoms with Crippen molar-refractivity contribution < 1.29 is 4.79 Å². The fourth-order valence-electron chi connectivity index (χ4n) is 2.81. The number of pyridine rings is 1. The number of hydrogen-bond donors (Lipinski definition) is 1. The molecule has 0 saturated carbocycles. The fourth-order valence-corrected chi connectivity index (χ4v) is 4.24. The fraction of sp³-hybridized carbons (Fsp3) is 0.100. The number of hydrogen-bond acceptors (Lipinski definition) is 3. The molecular weight excluding hydrogens is 457 g/mol. The maximum Gasteiger partial charge on any atom is 0.271 e. The maximum absolute atomic E-state index is 12.4. The number of thiophene rings is 1. The quantitative estimate of drug-likeness (QED) is 0.339. The van der Waals surface area contributed by atoms with Crippen LogP contribution in [0.4, 0.5) is 0 Å². The monoisotopic (exact) mass is 473 g/mol. The van der Waals surface area contributed by atoms with Crippen LogP contribution >= 0.6 is 33.9 Å². The summed E-state index contributed by atoms with van der Waals surface area (Å²) < 4.78 is 2.78. The summed E-state index contributed by atoms with van der Waals surface area (Å²) in [6.07, 6.45) is 0.840. The Bertz CT molecular complexity index is 1040. The van der Waals surface area contributed by atoms with Crippen molar-refractivity contribution in [3.8, 4) is 11.1 Å². The summed E-state index contributed by atoms with van der Waals surface area (Å²) in [5.74, 6) is -0.137. The normalized spacial score (nSPS) is 11.0. The lowest BCUT2D eigenvalue weighted by molar-refractivity contribution is 0.0949. The third-order valence-corrected chi connectivity index (χ3v) is 5.80. The van der Waals surface area contributed by atoms with Crippen LogP contribution in [0, 0.1) is 3.70 Å². The predicted molar refractivity (Wildman–Crippen MR) is 114 cm³/mol. The number of amides is 1. The van der Waals surface area contributed by atoms with Crippen molar-refractivity contribution in [3.63, 3.8) is 0 Å². The molecule has 4 aromatic rings. The van der Waals surface area contributed by atoms with Crippen LogP contribution in [0.25, 0.3) is 16.6 Å². The first-order valence-corrected chi connectivity index (χ1v) is 10.2. The van der Waals surface area contributed by atoms with E-state index in [1.54, 1.807) is 15.9 Å². The molecule has 1 N–H and O–H groups in total. The van der Waals surface area contributed by atoms with E-state index in [2.05, 4.69) is 63.3 Å². The first kappa shape index (κ1) is 17.2. The lowest BCUT2D eigenvalue weighted by atomic mass is 10.1. The lowest BCUT2D eigenvalue weighted by Crippen LogP contribution is -2.25. The van der Waals surface area contributed by atoms with Gasteiger partial charge in [-0.3, -0.25) is 4.79 Å². The molecular formula is C20H16IN3OS. The van der Waals surface area contributed by atoms with Gasteiger partial charge in [-0.15, -0.1) is 11.3 Å². The molecule has 3 aromatic heterocycles. The van der Waals surface area contributed by atoms with E-state index in [0.29, 0.717) is 12.2 Å². The number of nitrogens with one attached hydrogen (secondary N) is 1. The summed E-state index contributed by atoms with van der Waals surface area (Å²) in [6, 6.07) is 20.3. The minimum Gasteiger partial charge on any atom is -0.350 e. The second-order valence-corrected chi connectivity index (χ2v) is 8.02. The smallest absolute Gasteiger partial charge is 0.271 e. The Kier molecular flexibility index (Phi) is 5.03. The van der Waals surface area contributed by atoms with Crippen molar-refractivity contribution in [1.82, 2.24) is 14.9 Å². The van der Waals surface area contributed by atoms with Crippen LogP contribution in [-0.4, -0.2) is 22.1 Å². The van der Waals surface area contributed by atoms with Gasteiger partial charge in [-0.05, 0) is 69.8 Å². The molecule has 3 heterocycles. The van der Waals surface area contributed by atoms with E-state index in [-0.39, 0.29) is 5.91 Å². The minimum atomic E-state index is -0.137. The summed E-state index contributed by atoms with van der Waals surface area (Å²) in [6.45, 7) is 0.611. The Morgan fingerprint density at radius 3 is 2.69 bits per heavy atom. The Balaban J connectivity index is 1.55. The largest absolute Gasteiger partial charge is 0.350 e. The van der Waals surface area contributed by atoms with Crippen LogP contribution < -0.4 is 5.32 Å². The first-order chi connectivity index (χ1) is 12.7. The van der Waals surface area contributed by atoms with Gasteiger partial charge in [0.2, 0.25) is 0 Å². The number of carbonyl (C=O) groups is 1. The summed E-state index contributed by atoms with van der Waals surface area (Å²) in [5, 5.41) is 9.46. The molecule has 4 rings (SSSR count). The van der Waals surface area contributed by atoms with E-state index in [9.17, 15) is 4.79 Å². The van der Waals surface area contributed by atoms with Crippen molar-refractivity contribution >= 4 is 45.4 Å². The molecule has 6 heteroatoms. The second kappa shape index (κ2) is 7.59. The minimum absolute atomic E-state index is 0.137. The number of fused-ring (bicyclic) bond motifs is 1. The number of halogens is 1. The molecule has 0 bridgehead atoms. The SMILES string of the molecule is O=C(NCCc1cccs1)c1cc2cc(-c3ccccc3)cc(I)n2n1. The van der Waals surface area contributed by atoms with Gasteiger partial charge >= 0.3 is 0 Å². The van der Waals surface area contributed by atoms with Gasteiger partial charge in [0.05, 0.1) is 5.52 Å². The zero-order chi connectivity index (χ0) is 17.9. The second-order valence-electron chi connectivity index (χ2n) is 5.88. The van der Waals surface area contributed by atoms with Crippen LogP contribution in [0.5, 0.6) is 0 Å². The van der Waals surface area contributed by atoms with Crippen LogP contribution in [0.1, 0.15) is 15.4 Å². The number of carbonyl (C=O) groups excluding carboxylic acids is 1. The molecule has 130 valence electrons. The molecule has 0 spiro atoms. The average Bonchev–Trinajstić information content (AvgIpc) is 3.32. The van der Waals surface area contributed by atoms with Crippen molar-refractivity contribution in [2.75, 3.05) is 6.54 Å².